The van der Waals surface area contributed by atoms with Crippen LogP contribution < -0.4 is 0 Å². The molecule has 1 aliphatic rings. The smallest absolute Gasteiger partial charge is 0.256 e. The zero-order chi connectivity index (χ0) is 10.6. The normalized spacial score (nSPS) is 20.7. The molecule has 2 heterocycles. The Kier molecular flexibility index (Phi) is 3.41. The highest BCUT2D eigenvalue weighted by molar-refractivity contribution is 6.01. The van der Waals surface area contributed by atoms with Crippen molar-refractivity contribution in [2.24, 2.45) is 5.92 Å². The minimum absolute atomic E-state index is 0.134. The summed E-state index contributed by atoms with van der Waals surface area (Å²) in [5.41, 5.74) is 0. The first kappa shape index (κ1) is 10.5. The molecule has 14 heavy (non-hydrogen) atoms. The first-order chi connectivity index (χ1) is 6.63. The second-order valence-corrected chi connectivity index (χ2v) is 3.03. The van der Waals surface area contributed by atoms with Crippen LogP contribution in [0.1, 0.15) is 13.3 Å². The Morgan fingerprint density at radius 2 is 2.00 bits per heavy atom. The van der Waals surface area contributed by atoms with Crippen LogP contribution in [0.3, 0.4) is 0 Å². The topological polar surface area (TPSA) is 73.4 Å². The molecule has 1 aromatic rings. The predicted octanol–water partition coefficient (Wildman–Crippen LogP) is 0.785. The van der Waals surface area contributed by atoms with Gasteiger partial charge in [0.25, 0.3) is 11.8 Å². The first-order valence-electron chi connectivity index (χ1n) is 4.26. The van der Waals surface area contributed by atoms with Gasteiger partial charge in [0.1, 0.15) is 0 Å². The average molecular weight is 196 g/mol. The van der Waals surface area contributed by atoms with E-state index in [-0.39, 0.29) is 17.4 Å². The molecular formula is C9H12N2O3. The van der Waals surface area contributed by atoms with E-state index in [9.17, 15) is 9.59 Å². The second kappa shape index (κ2) is 4.57. The summed E-state index contributed by atoms with van der Waals surface area (Å²) in [6.45, 7) is 1.61. The van der Waals surface area contributed by atoms with Gasteiger partial charge >= 0.3 is 0 Å². The van der Waals surface area contributed by atoms with E-state index in [1.54, 1.807) is 6.92 Å². The van der Waals surface area contributed by atoms with Crippen LogP contribution in [0.4, 0.5) is 0 Å². The number of imide groups is 1. The first-order valence-corrected chi connectivity index (χ1v) is 4.26. The minimum atomic E-state index is -0.507. The van der Waals surface area contributed by atoms with Crippen LogP contribution in [0.5, 0.6) is 0 Å². The molecule has 5 heteroatoms. The third kappa shape index (κ3) is 2.43. The van der Waals surface area contributed by atoms with E-state index in [1.807, 2.05) is 24.5 Å². The fraction of sp³-hybridized carbons (Fsp3) is 0.333. The van der Waals surface area contributed by atoms with Crippen LogP contribution >= 0.6 is 0 Å². The van der Waals surface area contributed by atoms with Gasteiger partial charge in [0.15, 0.2) is 0 Å². The number of hydroxylamine groups is 2. The molecule has 5 nitrogen and oxygen atoms in total. The van der Waals surface area contributed by atoms with Crippen molar-refractivity contribution in [3.05, 3.63) is 24.5 Å². The summed E-state index contributed by atoms with van der Waals surface area (Å²) in [5.74, 6) is -1.35. The molecule has 0 spiro atoms. The van der Waals surface area contributed by atoms with Crippen molar-refractivity contribution in [3.63, 3.8) is 0 Å². The summed E-state index contributed by atoms with van der Waals surface area (Å²) in [5, 5.41) is 8.76. The molecule has 0 aromatic carbocycles. The molecular weight excluding hydrogens is 184 g/mol. The number of nitrogens with zero attached hydrogens (tertiary/aromatic N) is 1. The summed E-state index contributed by atoms with van der Waals surface area (Å²) in [7, 11) is 0. The molecule has 2 amide bonds. The van der Waals surface area contributed by atoms with Crippen LogP contribution in [0, 0.1) is 5.92 Å². The number of carbonyl (C=O) groups excluding carboxylic acids is 2. The van der Waals surface area contributed by atoms with Crippen molar-refractivity contribution in [2.45, 2.75) is 13.3 Å². The van der Waals surface area contributed by atoms with E-state index in [2.05, 4.69) is 4.98 Å². The van der Waals surface area contributed by atoms with E-state index >= 15 is 0 Å². The maximum absolute atomic E-state index is 10.6. The van der Waals surface area contributed by atoms with Gasteiger partial charge in [0.2, 0.25) is 0 Å². The number of hydrogen-bond acceptors (Lipinski definition) is 3. The molecule has 1 aromatic heterocycles. The Balaban J connectivity index is 0.000000165. The van der Waals surface area contributed by atoms with Gasteiger partial charge in [0, 0.05) is 24.7 Å². The summed E-state index contributed by atoms with van der Waals surface area (Å²) in [6.07, 6.45) is 3.88. The lowest BCUT2D eigenvalue weighted by Crippen LogP contribution is -2.25. The lowest BCUT2D eigenvalue weighted by Gasteiger charge is -2.00. The number of amides is 2. The molecule has 0 bridgehead atoms. The molecule has 76 valence electrons. The number of aromatic amines is 1. The fourth-order valence-electron chi connectivity index (χ4n) is 1.05. The third-order valence-corrected chi connectivity index (χ3v) is 1.84. The highest BCUT2D eigenvalue weighted by Crippen LogP contribution is 2.15. The van der Waals surface area contributed by atoms with Gasteiger partial charge in [-0.15, -0.1) is 0 Å². The van der Waals surface area contributed by atoms with Crippen molar-refractivity contribution in [3.8, 4) is 0 Å². The minimum Gasteiger partial charge on any atom is -0.368 e. The Morgan fingerprint density at radius 3 is 2.14 bits per heavy atom. The molecule has 1 fully saturated rings. The van der Waals surface area contributed by atoms with Crippen LogP contribution in [-0.4, -0.2) is 27.1 Å². The summed E-state index contributed by atoms with van der Waals surface area (Å²) >= 11 is 0. The number of rotatable bonds is 0. The number of nitrogens with one attached hydrogen (secondary N) is 1. The van der Waals surface area contributed by atoms with E-state index < -0.39 is 11.8 Å². The Bertz CT molecular complexity index is 291. The largest absolute Gasteiger partial charge is 0.368 e. The molecule has 2 rings (SSSR count). The van der Waals surface area contributed by atoms with Gasteiger partial charge in [-0.25, -0.2) is 0 Å². The molecule has 0 saturated carbocycles. The Labute approximate surface area is 81.3 Å². The zero-order valence-corrected chi connectivity index (χ0v) is 7.80. The summed E-state index contributed by atoms with van der Waals surface area (Å²) in [4.78, 5) is 23.9. The van der Waals surface area contributed by atoms with Gasteiger partial charge in [-0.05, 0) is 12.1 Å². The molecule has 1 aliphatic heterocycles. The predicted molar refractivity (Wildman–Crippen MR) is 48.2 cm³/mol. The van der Waals surface area contributed by atoms with Gasteiger partial charge in [-0.1, -0.05) is 6.92 Å². The van der Waals surface area contributed by atoms with E-state index in [0.717, 1.165) is 0 Å². The average Bonchev–Trinajstić information content (AvgIpc) is 2.78. The maximum Gasteiger partial charge on any atom is 0.256 e. The highest BCUT2D eigenvalue weighted by Gasteiger charge is 2.34. The van der Waals surface area contributed by atoms with E-state index in [4.69, 9.17) is 5.21 Å². The summed E-state index contributed by atoms with van der Waals surface area (Å²) < 4.78 is 0. The standard InChI is InChI=1S/C5H7NO3.C4H5N/c1-3-2-4(7)6(9)5(3)8;1-2-4-5-3-1/h3,9H,2H2,1H3;1-5H. The van der Waals surface area contributed by atoms with Gasteiger partial charge in [-0.2, -0.15) is 5.06 Å². The lowest BCUT2D eigenvalue weighted by atomic mass is 10.1. The molecule has 1 saturated heterocycles. The maximum atomic E-state index is 10.6. The van der Waals surface area contributed by atoms with Crippen molar-refractivity contribution < 1.29 is 14.8 Å². The third-order valence-electron chi connectivity index (χ3n) is 1.84. The van der Waals surface area contributed by atoms with Gasteiger partial charge in [0.05, 0.1) is 0 Å². The van der Waals surface area contributed by atoms with Crippen molar-refractivity contribution in [1.29, 1.82) is 0 Å². The highest BCUT2D eigenvalue weighted by atomic mass is 16.5. The Morgan fingerprint density at radius 1 is 1.43 bits per heavy atom. The molecule has 0 aliphatic carbocycles. The van der Waals surface area contributed by atoms with E-state index in [1.165, 1.54) is 0 Å². The van der Waals surface area contributed by atoms with Crippen LogP contribution in [0.25, 0.3) is 0 Å². The van der Waals surface area contributed by atoms with Crippen LogP contribution in [-0.2, 0) is 9.59 Å². The van der Waals surface area contributed by atoms with Gasteiger partial charge < -0.3 is 4.98 Å². The monoisotopic (exact) mass is 196 g/mol. The van der Waals surface area contributed by atoms with Crippen molar-refractivity contribution in [1.82, 2.24) is 10.0 Å². The van der Waals surface area contributed by atoms with Crippen molar-refractivity contribution in [2.75, 3.05) is 0 Å². The molecule has 0 radical (unpaired) electrons. The van der Waals surface area contributed by atoms with E-state index in [0.29, 0.717) is 0 Å². The lowest BCUT2D eigenvalue weighted by molar-refractivity contribution is -0.172. The number of H-pyrrole nitrogens is 1. The quantitative estimate of drug-likeness (QED) is 0.475. The number of carbonyl (C=O) groups is 2. The van der Waals surface area contributed by atoms with Gasteiger partial charge in [-0.3, -0.25) is 14.8 Å². The Hall–Kier alpha value is -1.62. The second-order valence-electron chi connectivity index (χ2n) is 3.03. The van der Waals surface area contributed by atoms with Crippen LogP contribution in [0.2, 0.25) is 0 Å². The molecule has 1 atom stereocenters. The number of aromatic nitrogens is 1. The summed E-state index contributed by atoms with van der Waals surface area (Å²) in [6, 6.07) is 3.89. The SMILES string of the molecule is CC1CC(=O)N(O)C1=O.c1cc[nH]c1. The zero-order valence-electron chi connectivity index (χ0n) is 7.80. The fourth-order valence-corrected chi connectivity index (χ4v) is 1.05. The number of hydrogen-bond donors (Lipinski definition) is 2. The molecule has 1 unspecified atom stereocenters. The van der Waals surface area contributed by atoms with Crippen molar-refractivity contribution >= 4 is 11.8 Å². The molecule has 2 N–H and O–H groups in total. The van der Waals surface area contributed by atoms with Crippen LogP contribution in [0.15, 0.2) is 24.5 Å².